The van der Waals surface area contributed by atoms with E-state index in [0.717, 1.165) is 38.5 Å². The third-order valence-corrected chi connectivity index (χ3v) is 0.707. The maximum atomic E-state index is 3.60. The molecule has 0 atom stereocenters. The first-order chi connectivity index (χ1) is 9.49. The first-order valence-electron chi connectivity index (χ1n) is 8.24. The van der Waals surface area contributed by atoms with Crippen LogP contribution in [0.4, 0.5) is 0 Å². The molecule has 0 aliphatic rings. The van der Waals surface area contributed by atoms with Gasteiger partial charge in [-0.15, -0.1) is 0 Å². The Balaban J connectivity index is -0.0000000143. The Labute approximate surface area is 182 Å². The van der Waals surface area contributed by atoms with E-state index in [2.05, 4.69) is 55.4 Å². The van der Waals surface area contributed by atoms with E-state index in [1.165, 1.54) is 12.8 Å². The van der Waals surface area contributed by atoms with E-state index >= 15 is 0 Å². The molecule has 0 bridgehead atoms. The van der Waals surface area contributed by atoms with Crippen LogP contribution in [-0.4, -0.2) is 5.48 Å². The molecule has 0 saturated carbocycles. The third-order valence-electron chi connectivity index (χ3n) is 0.707. The summed E-state index contributed by atoms with van der Waals surface area (Å²) in [4.78, 5) is 0. The van der Waals surface area contributed by atoms with Crippen molar-refractivity contribution in [2.75, 3.05) is 0 Å². The molecule has 0 aliphatic carbocycles. The molecule has 0 spiro atoms. The predicted molar refractivity (Wildman–Crippen MR) is 107 cm³/mol. The maximum absolute atomic E-state index is 3.60. The molecule has 0 heterocycles. The molecule has 0 aromatic carbocycles. The summed E-state index contributed by atoms with van der Waals surface area (Å²) in [7, 11) is 0. The van der Waals surface area contributed by atoms with E-state index in [4.69, 9.17) is 0 Å². The van der Waals surface area contributed by atoms with E-state index in [9.17, 15) is 0 Å². The number of hydrogen-bond acceptors (Lipinski definition) is 0. The van der Waals surface area contributed by atoms with Crippen LogP contribution in [0, 0.1) is 41.5 Å². The van der Waals surface area contributed by atoms with Gasteiger partial charge in [0.05, 0.1) is 0 Å². The molecule has 0 fully saturated rings. The van der Waals surface area contributed by atoms with Crippen molar-refractivity contribution in [3.8, 4) is 0 Å². The summed E-state index contributed by atoms with van der Waals surface area (Å²) >= 11 is 0. The molecule has 2 radical (unpaired) electrons. The smallest absolute Gasteiger partial charge is 0.412 e. The van der Waals surface area contributed by atoms with Crippen LogP contribution < -0.4 is 0 Å². The molecule has 0 aliphatic heterocycles. The molecule has 2 N–H and O–H groups in total. The van der Waals surface area contributed by atoms with E-state index in [1.807, 2.05) is 27.7 Å². The minimum atomic E-state index is 0. The second-order valence-electron chi connectivity index (χ2n) is 3.71. The summed E-state index contributed by atoms with van der Waals surface area (Å²) in [5, 5.41) is 0. The molecular formula is C20H48OTi2. The summed E-state index contributed by atoms with van der Waals surface area (Å²) in [6.45, 7) is 33.4. The zero-order valence-electron chi connectivity index (χ0n) is 17.4. The average Bonchev–Trinajstić information content (AvgIpc) is 2.42. The van der Waals surface area contributed by atoms with Gasteiger partial charge in [0.2, 0.25) is 0 Å². The first kappa shape index (κ1) is 56.3. The Morgan fingerprint density at radius 2 is 0.478 bits per heavy atom. The van der Waals surface area contributed by atoms with Crippen molar-refractivity contribution in [1.82, 2.24) is 0 Å². The van der Waals surface area contributed by atoms with Crippen molar-refractivity contribution in [3.05, 3.63) is 41.5 Å². The van der Waals surface area contributed by atoms with Crippen molar-refractivity contribution >= 4 is 0 Å². The van der Waals surface area contributed by atoms with Crippen molar-refractivity contribution < 1.29 is 48.9 Å². The molecular weight excluding hydrogens is 352 g/mol. The van der Waals surface area contributed by atoms with Gasteiger partial charge in [-0.2, -0.15) is 38.5 Å². The summed E-state index contributed by atoms with van der Waals surface area (Å²) < 4.78 is 0. The van der Waals surface area contributed by atoms with Crippen molar-refractivity contribution in [2.24, 2.45) is 0 Å². The fourth-order valence-corrected chi connectivity index (χ4v) is 0. The number of hydrogen-bond donors (Lipinski definition) is 0. The van der Waals surface area contributed by atoms with Gasteiger partial charge in [0.25, 0.3) is 0 Å². The predicted octanol–water partition coefficient (Wildman–Crippen LogP) is 7.33. The first-order valence-corrected chi connectivity index (χ1v) is 8.24. The van der Waals surface area contributed by atoms with Gasteiger partial charge < -0.3 is 47.0 Å². The monoisotopic (exact) mass is 400 g/mol. The van der Waals surface area contributed by atoms with E-state index in [0.29, 0.717) is 0 Å². The molecule has 0 unspecified atom stereocenters. The fraction of sp³-hybridized carbons (Fsp3) is 0.700. The van der Waals surface area contributed by atoms with Crippen LogP contribution in [0.25, 0.3) is 0 Å². The van der Waals surface area contributed by atoms with Crippen molar-refractivity contribution in [3.63, 3.8) is 0 Å². The Morgan fingerprint density at radius 1 is 0.435 bits per heavy atom. The molecule has 23 heavy (non-hydrogen) atoms. The Morgan fingerprint density at radius 3 is 0.478 bits per heavy atom. The topological polar surface area (TPSA) is 31.5 Å². The van der Waals surface area contributed by atoms with Gasteiger partial charge in [-0.25, -0.2) is 0 Å². The van der Waals surface area contributed by atoms with Crippen LogP contribution in [0.2, 0.25) is 0 Å². The van der Waals surface area contributed by atoms with Gasteiger partial charge in [0, 0.05) is 0 Å². The van der Waals surface area contributed by atoms with Crippen LogP contribution in [-0.2, 0) is 43.4 Å². The quantitative estimate of drug-likeness (QED) is 0.343. The largest absolute Gasteiger partial charge is 3.00 e. The molecule has 1 nitrogen and oxygen atoms in total. The maximum Gasteiger partial charge on any atom is 3.00 e. The van der Waals surface area contributed by atoms with Gasteiger partial charge in [0.1, 0.15) is 0 Å². The third kappa shape index (κ3) is 932. The second-order valence-corrected chi connectivity index (χ2v) is 3.71. The van der Waals surface area contributed by atoms with Crippen LogP contribution in [0.15, 0.2) is 0 Å². The minimum Gasteiger partial charge on any atom is -0.412 e. The fourth-order valence-electron chi connectivity index (χ4n) is 0. The van der Waals surface area contributed by atoms with Crippen LogP contribution in [0.3, 0.4) is 0 Å². The van der Waals surface area contributed by atoms with Crippen LogP contribution in [0.1, 0.15) is 92.9 Å². The summed E-state index contributed by atoms with van der Waals surface area (Å²) in [5.41, 5.74) is 0. The van der Waals surface area contributed by atoms with Gasteiger partial charge in [-0.05, 0) is 0 Å². The molecule has 142 valence electrons. The Kier molecular flexibility index (Phi) is 326. The Bertz CT molecular complexity index is 47.6. The standard InChI is InChI=1S/2C4H9.4C3H7.H2O.2Ti/c2*1-3-4-2;4*1-3-2;;;/h2*1,3-4H2,2H3;4*1,3H2,2H3;1H2;;/q6*-1;;2*+3. The van der Waals surface area contributed by atoms with Crippen LogP contribution >= 0.6 is 0 Å². The van der Waals surface area contributed by atoms with Gasteiger partial charge in [-0.3, -0.25) is 0 Å². The van der Waals surface area contributed by atoms with E-state index in [1.54, 1.807) is 0 Å². The zero-order valence-corrected chi connectivity index (χ0v) is 20.5. The second kappa shape index (κ2) is 133. The summed E-state index contributed by atoms with van der Waals surface area (Å²) in [6, 6.07) is 0. The normalized spacial score (nSPS) is 5.74. The van der Waals surface area contributed by atoms with Gasteiger partial charge >= 0.3 is 43.4 Å². The van der Waals surface area contributed by atoms with E-state index < -0.39 is 0 Å². The van der Waals surface area contributed by atoms with Crippen LogP contribution in [0.5, 0.6) is 0 Å². The minimum absolute atomic E-state index is 0. The summed E-state index contributed by atoms with van der Waals surface area (Å²) in [6.07, 6.45) is 8.56. The van der Waals surface area contributed by atoms with Gasteiger partial charge in [-0.1, -0.05) is 54.4 Å². The van der Waals surface area contributed by atoms with Crippen molar-refractivity contribution in [1.29, 1.82) is 0 Å². The molecule has 0 saturated heterocycles. The van der Waals surface area contributed by atoms with Gasteiger partial charge in [0.15, 0.2) is 0 Å². The number of rotatable bonds is 2. The Hall–Kier alpha value is 1.39. The molecule has 0 aromatic heterocycles. The zero-order chi connectivity index (χ0) is 17.7. The SMILES string of the molecule is O.[CH2-]CC.[CH2-]CC.[CH2-]CC.[CH2-]CC.[CH2-]CCC.[CH2-]CCC.[Ti+3].[Ti+3]. The summed E-state index contributed by atoms with van der Waals surface area (Å²) in [5.74, 6) is 0. The van der Waals surface area contributed by atoms with Crippen molar-refractivity contribution in [2.45, 2.75) is 92.9 Å². The molecule has 0 aromatic rings. The van der Waals surface area contributed by atoms with E-state index in [-0.39, 0.29) is 48.9 Å². The average molecular weight is 400 g/mol. The molecule has 0 amide bonds. The molecule has 0 rings (SSSR count). The molecule has 3 heteroatoms. The number of unbranched alkanes of at least 4 members (excludes halogenated alkanes) is 2.